The molecule has 0 aliphatic rings. The molecule has 4 aromatic rings. The smallest absolute Gasteiger partial charge is 0.127 e. The number of anilines is 2. The molecule has 0 saturated carbocycles. The second kappa shape index (κ2) is 9.69. The molecule has 0 atom stereocenters. The van der Waals surface area contributed by atoms with Gasteiger partial charge in [0, 0.05) is 31.0 Å². The Kier molecular flexibility index (Phi) is 6.55. The highest BCUT2D eigenvalue weighted by Crippen LogP contribution is 2.33. The van der Waals surface area contributed by atoms with Gasteiger partial charge in [0.2, 0.25) is 0 Å². The van der Waals surface area contributed by atoms with Gasteiger partial charge in [-0.15, -0.1) is 0 Å². The van der Waals surface area contributed by atoms with Crippen LogP contribution in [0.25, 0.3) is 0 Å². The molecule has 0 saturated heterocycles. The summed E-state index contributed by atoms with van der Waals surface area (Å²) in [6.45, 7) is 1.77. The van der Waals surface area contributed by atoms with Gasteiger partial charge in [-0.2, -0.15) is 0 Å². The first kappa shape index (κ1) is 21.6. The van der Waals surface area contributed by atoms with Crippen molar-refractivity contribution in [1.29, 1.82) is 0 Å². The van der Waals surface area contributed by atoms with Crippen molar-refractivity contribution in [3.8, 4) is 0 Å². The summed E-state index contributed by atoms with van der Waals surface area (Å²) in [4.78, 5) is 2.26. The molecular weight excluding hydrogens is 394 g/mol. The van der Waals surface area contributed by atoms with E-state index in [0.717, 1.165) is 11.1 Å². The summed E-state index contributed by atoms with van der Waals surface area (Å²) in [5, 5.41) is 12.2. The standard InChI is InChI=1S/C28H29N3O/c29-26-15-7-13-24(17-26)28(32,25-14-8-16-27(30)18-25)21-31(19-22-9-3-1-4-10-22)20-23-11-5-2-6-12-23/h1-18,32H,19-21,29-30H2. The fourth-order valence-electron chi connectivity index (χ4n) is 4.12. The molecule has 4 heteroatoms. The fourth-order valence-corrected chi connectivity index (χ4v) is 4.12. The SMILES string of the molecule is Nc1cccc(C(O)(CN(Cc2ccccc2)Cc2ccccc2)c2cccc(N)c2)c1. The van der Waals surface area contributed by atoms with Crippen molar-refractivity contribution in [3.05, 3.63) is 131 Å². The number of nitrogens with zero attached hydrogens (tertiary/aromatic N) is 1. The maximum Gasteiger partial charge on any atom is 0.127 e. The van der Waals surface area contributed by atoms with E-state index in [1.54, 1.807) is 0 Å². The number of hydrogen-bond donors (Lipinski definition) is 3. The van der Waals surface area contributed by atoms with Gasteiger partial charge in [0.25, 0.3) is 0 Å². The summed E-state index contributed by atoms with van der Waals surface area (Å²) in [5.41, 5.74) is 16.0. The maximum absolute atomic E-state index is 12.2. The highest BCUT2D eigenvalue weighted by Gasteiger charge is 2.34. The zero-order chi connectivity index (χ0) is 22.4. The molecule has 0 aromatic heterocycles. The number of nitrogen functional groups attached to an aromatic ring is 2. The van der Waals surface area contributed by atoms with Crippen molar-refractivity contribution in [2.75, 3.05) is 18.0 Å². The van der Waals surface area contributed by atoms with Crippen LogP contribution in [-0.4, -0.2) is 16.6 Å². The predicted molar refractivity (Wildman–Crippen MR) is 132 cm³/mol. The molecule has 162 valence electrons. The van der Waals surface area contributed by atoms with Crippen LogP contribution in [0.4, 0.5) is 11.4 Å². The van der Waals surface area contributed by atoms with E-state index >= 15 is 0 Å². The summed E-state index contributed by atoms with van der Waals surface area (Å²) < 4.78 is 0. The van der Waals surface area contributed by atoms with Crippen LogP contribution in [0.2, 0.25) is 0 Å². The molecule has 0 unspecified atom stereocenters. The van der Waals surface area contributed by atoms with Gasteiger partial charge < -0.3 is 16.6 Å². The molecule has 4 nitrogen and oxygen atoms in total. The zero-order valence-corrected chi connectivity index (χ0v) is 18.1. The molecule has 0 fully saturated rings. The second-order valence-electron chi connectivity index (χ2n) is 8.23. The number of hydrogen-bond acceptors (Lipinski definition) is 4. The molecule has 4 aromatic carbocycles. The third-order valence-corrected chi connectivity index (χ3v) is 5.68. The molecule has 4 rings (SSSR count). The Labute approximate surface area is 189 Å². The molecule has 0 heterocycles. The van der Waals surface area contributed by atoms with Gasteiger partial charge in [-0.05, 0) is 46.5 Å². The zero-order valence-electron chi connectivity index (χ0n) is 18.1. The van der Waals surface area contributed by atoms with E-state index in [2.05, 4.69) is 29.2 Å². The summed E-state index contributed by atoms with van der Waals surface area (Å²) in [6, 6.07) is 35.6. The largest absolute Gasteiger partial charge is 0.399 e. The number of rotatable bonds is 8. The fraction of sp³-hybridized carbons (Fsp3) is 0.143. The molecular formula is C28H29N3O. The molecule has 0 aliphatic carbocycles. The molecule has 5 N–H and O–H groups in total. The Hall–Kier alpha value is -3.60. The maximum atomic E-state index is 12.2. The van der Waals surface area contributed by atoms with Gasteiger partial charge in [-0.3, -0.25) is 4.90 Å². The second-order valence-corrected chi connectivity index (χ2v) is 8.23. The molecule has 0 spiro atoms. The number of aliphatic hydroxyl groups is 1. The van der Waals surface area contributed by atoms with Crippen molar-refractivity contribution < 1.29 is 5.11 Å². The quantitative estimate of drug-likeness (QED) is 0.356. The first-order chi connectivity index (χ1) is 15.5. The Morgan fingerprint density at radius 3 is 1.44 bits per heavy atom. The van der Waals surface area contributed by atoms with Crippen LogP contribution in [0.15, 0.2) is 109 Å². The Balaban J connectivity index is 1.75. The van der Waals surface area contributed by atoms with Gasteiger partial charge in [0.15, 0.2) is 0 Å². The third kappa shape index (κ3) is 5.17. The summed E-state index contributed by atoms with van der Waals surface area (Å²) >= 11 is 0. The molecule has 0 aliphatic heterocycles. The highest BCUT2D eigenvalue weighted by atomic mass is 16.3. The van der Waals surface area contributed by atoms with Crippen molar-refractivity contribution in [1.82, 2.24) is 4.90 Å². The molecule has 0 amide bonds. The Bertz CT molecular complexity index is 1060. The van der Waals surface area contributed by atoms with E-state index in [1.807, 2.05) is 84.9 Å². The van der Waals surface area contributed by atoms with E-state index < -0.39 is 5.60 Å². The molecule has 0 bridgehead atoms. The Morgan fingerprint density at radius 2 is 1.03 bits per heavy atom. The van der Waals surface area contributed by atoms with Crippen LogP contribution < -0.4 is 11.5 Å². The van der Waals surface area contributed by atoms with E-state index in [1.165, 1.54) is 11.1 Å². The topological polar surface area (TPSA) is 75.5 Å². The van der Waals surface area contributed by atoms with Gasteiger partial charge in [0.05, 0.1) is 0 Å². The van der Waals surface area contributed by atoms with Crippen molar-refractivity contribution in [3.63, 3.8) is 0 Å². The van der Waals surface area contributed by atoms with Crippen LogP contribution in [0.1, 0.15) is 22.3 Å². The van der Waals surface area contributed by atoms with Crippen LogP contribution in [0.5, 0.6) is 0 Å². The normalized spacial score (nSPS) is 11.6. The van der Waals surface area contributed by atoms with Crippen molar-refractivity contribution in [2.45, 2.75) is 18.7 Å². The van der Waals surface area contributed by atoms with Crippen LogP contribution >= 0.6 is 0 Å². The lowest BCUT2D eigenvalue weighted by Gasteiger charge is -2.36. The van der Waals surface area contributed by atoms with E-state index in [0.29, 0.717) is 31.0 Å². The van der Waals surface area contributed by atoms with Gasteiger partial charge in [0.1, 0.15) is 5.60 Å². The highest BCUT2D eigenvalue weighted by molar-refractivity contribution is 5.50. The number of benzene rings is 4. The average Bonchev–Trinajstić information content (AvgIpc) is 2.80. The lowest BCUT2D eigenvalue weighted by Crippen LogP contribution is -2.41. The first-order valence-corrected chi connectivity index (χ1v) is 10.8. The summed E-state index contributed by atoms with van der Waals surface area (Å²) in [6.07, 6.45) is 0. The van der Waals surface area contributed by atoms with Gasteiger partial charge >= 0.3 is 0 Å². The first-order valence-electron chi connectivity index (χ1n) is 10.8. The Morgan fingerprint density at radius 1 is 0.594 bits per heavy atom. The lowest BCUT2D eigenvalue weighted by molar-refractivity contribution is 0.0299. The minimum Gasteiger partial charge on any atom is -0.399 e. The number of nitrogens with two attached hydrogens (primary N) is 2. The molecule has 0 radical (unpaired) electrons. The minimum atomic E-state index is -1.28. The lowest BCUT2D eigenvalue weighted by atomic mass is 9.85. The third-order valence-electron chi connectivity index (χ3n) is 5.68. The minimum absolute atomic E-state index is 0.379. The van der Waals surface area contributed by atoms with Crippen LogP contribution in [0.3, 0.4) is 0 Å². The van der Waals surface area contributed by atoms with E-state index in [-0.39, 0.29) is 0 Å². The summed E-state index contributed by atoms with van der Waals surface area (Å²) in [5.74, 6) is 0. The van der Waals surface area contributed by atoms with E-state index in [4.69, 9.17) is 11.5 Å². The van der Waals surface area contributed by atoms with Gasteiger partial charge in [-0.25, -0.2) is 0 Å². The van der Waals surface area contributed by atoms with Crippen LogP contribution in [0, 0.1) is 0 Å². The van der Waals surface area contributed by atoms with Gasteiger partial charge in [-0.1, -0.05) is 84.9 Å². The monoisotopic (exact) mass is 423 g/mol. The van der Waals surface area contributed by atoms with Crippen LogP contribution in [-0.2, 0) is 18.7 Å². The average molecular weight is 424 g/mol. The van der Waals surface area contributed by atoms with Crippen molar-refractivity contribution >= 4 is 11.4 Å². The summed E-state index contributed by atoms with van der Waals surface area (Å²) in [7, 11) is 0. The predicted octanol–water partition coefficient (Wildman–Crippen LogP) is 4.79. The van der Waals surface area contributed by atoms with Crippen molar-refractivity contribution in [2.24, 2.45) is 0 Å². The molecule has 32 heavy (non-hydrogen) atoms. The van der Waals surface area contributed by atoms with E-state index in [9.17, 15) is 5.11 Å².